The molecule has 1 N–H and O–H groups in total. The van der Waals surface area contributed by atoms with Crippen molar-refractivity contribution in [2.45, 2.75) is 6.42 Å². The third-order valence-corrected chi connectivity index (χ3v) is 2.87. The van der Waals surface area contributed by atoms with E-state index >= 15 is 0 Å². The van der Waals surface area contributed by atoms with E-state index in [1.807, 2.05) is 0 Å². The molecule has 0 aliphatic heterocycles. The van der Waals surface area contributed by atoms with Gasteiger partial charge in [-0.1, -0.05) is 12.1 Å². The molecule has 0 aromatic heterocycles. The van der Waals surface area contributed by atoms with Crippen molar-refractivity contribution < 1.29 is 14.6 Å². The van der Waals surface area contributed by atoms with Crippen LogP contribution in [0.25, 0.3) is 0 Å². The third-order valence-electron chi connectivity index (χ3n) is 2.87. The minimum absolute atomic E-state index is 0.0421. The molecule has 8 nitrogen and oxygen atoms in total. The molecule has 0 radical (unpaired) electrons. The van der Waals surface area contributed by atoms with Crippen LogP contribution in [0.1, 0.15) is 5.56 Å². The maximum absolute atomic E-state index is 11.8. The van der Waals surface area contributed by atoms with Crippen LogP contribution in [0.4, 0.5) is 17.1 Å². The Morgan fingerprint density at radius 2 is 1.32 bits per heavy atom. The smallest absolute Gasteiger partial charge is 0.269 e. The predicted octanol–water partition coefficient (Wildman–Crippen LogP) is 2.68. The fourth-order valence-corrected chi connectivity index (χ4v) is 1.79. The molecule has 0 aliphatic rings. The first-order valence-electron chi connectivity index (χ1n) is 6.23. The number of carbonyl (C=O) groups is 1. The van der Waals surface area contributed by atoms with Gasteiger partial charge in [-0.05, 0) is 17.7 Å². The highest BCUT2D eigenvalue weighted by atomic mass is 16.6. The molecule has 112 valence electrons. The summed E-state index contributed by atoms with van der Waals surface area (Å²) in [5.41, 5.74) is 0.968. The van der Waals surface area contributed by atoms with Crippen molar-refractivity contribution in [2.75, 3.05) is 5.32 Å². The fraction of sp³-hybridized carbons (Fsp3) is 0.0714. The number of carbonyl (C=O) groups excluding carboxylic acids is 1. The summed E-state index contributed by atoms with van der Waals surface area (Å²) in [6.07, 6.45) is 0.0506. The number of hydrogen-bond acceptors (Lipinski definition) is 5. The number of nitro groups is 2. The monoisotopic (exact) mass is 301 g/mol. The number of benzene rings is 2. The number of nitrogens with one attached hydrogen (secondary N) is 1. The van der Waals surface area contributed by atoms with Crippen molar-refractivity contribution >= 4 is 23.0 Å². The van der Waals surface area contributed by atoms with Crippen molar-refractivity contribution in [3.05, 3.63) is 74.3 Å². The minimum Gasteiger partial charge on any atom is -0.326 e. The molecule has 0 fully saturated rings. The predicted molar refractivity (Wildman–Crippen MR) is 78.5 cm³/mol. The standard InChI is InChI=1S/C14H11N3O5/c18-14(9-10-1-5-12(6-2-10)16(19)20)15-11-3-7-13(8-4-11)17(21)22/h1-8H,9H2,(H,15,18). The summed E-state index contributed by atoms with van der Waals surface area (Å²) in [5, 5.41) is 23.6. The molecule has 0 bridgehead atoms. The second-order valence-electron chi connectivity index (χ2n) is 4.45. The highest BCUT2D eigenvalue weighted by Gasteiger charge is 2.09. The molecule has 0 unspecified atom stereocenters. The van der Waals surface area contributed by atoms with Crippen LogP contribution >= 0.6 is 0 Å². The number of nitrogens with zero attached hydrogens (tertiary/aromatic N) is 2. The van der Waals surface area contributed by atoms with Crippen molar-refractivity contribution in [2.24, 2.45) is 0 Å². The summed E-state index contributed by atoms with van der Waals surface area (Å²) < 4.78 is 0. The lowest BCUT2D eigenvalue weighted by Gasteiger charge is -2.05. The molecule has 2 rings (SSSR count). The van der Waals surface area contributed by atoms with Crippen molar-refractivity contribution in [3.8, 4) is 0 Å². The zero-order valence-corrected chi connectivity index (χ0v) is 11.3. The molecule has 2 aromatic carbocycles. The van der Waals surface area contributed by atoms with Gasteiger partial charge in [-0.3, -0.25) is 25.0 Å². The molecule has 8 heteroatoms. The van der Waals surface area contributed by atoms with Gasteiger partial charge in [-0.2, -0.15) is 0 Å². The normalized spacial score (nSPS) is 10.0. The number of nitro benzene ring substituents is 2. The van der Waals surface area contributed by atoms with E-state index in [1.165, 1.54) is 48.5 Å². The Hall–Kier alpha value is -3.29. The van der Waals surface area contributed by atoms with Gasteiger partial charge in [0.1, 0.15) is 0 Å². The molecule has 1 amide bonds. The Balaban J connectivity index is 1.97. The molecule has 0 heterocycles. The summed E-state index contributed by atoms with van der Waals surface area (Å²) in [6.45, 7) is 0. The first-order chi connectivity index (χ1) is 10.5. The van der Waals surface area contributed by atoms with Gasteiger partial charge in [0.25, 0.3) is 11.4 Å². The van der Waals surface area contributed by atoms with Crippen LogP contribution in [-0.2, 0) is 11.2 Å². The van der Waals surface area contributed by atoms with Crippen molar-refractivity contribution in [3.63, 3.8) is 0 Å². The number of non-ortho nitro benzene ring substituents is 2. The summed E-state index contributed by atoms with van der Waals surface area (Å²) in [4.78, 5) is 31.9. The van der Waals surface area contributed by atoms with Gasteiger partial charge < -0.3 is 5.32 Å². The molecule has 22 heavy (non-hydrogen) atoms. The topological polar surface area (TPSA) is 115 Å². The number of hydrogen-bond donors (Lipinski definition) is 1. The van der Waals surface area contributed by atoms with E-state index in [-0.39, 0.29) is 23.7 Å². The Morgan fingerprint density at radius 1 is 0.864 bits per heavy atom. The Labute approximate surface area is 124 Å². The molecular weight excluding hydrogens is 290 g/mol. The van der Waals surface area contributed by atoms with Gasteiger partial charge >= 0.3 is 0 Å². The van der Waals surface area contributed by atoms with Gasteiger partial charge in [0, 0.05) is 30.0 Å². The number of anilines is 1. The Bertz CT molecular complexity index is 649. The number of rotatable bonds is 5. The highest BCUT2D eigenvalue weighted by Crippen LogP contribution is 2.16. The van der Waals surface area contributed by atoms with Gasteiger partial charge in [-0.15, -0.1) is 0 Å². The zero-order chi connectivity index (χ0) is 16.1. The summed E-state index contributed by atoms with van der Waals surface area (Å²) in [7, 11) is 0. The van der Waals surface area contributed by atoms with E-state index in [0.29, 0.717) is 11.3 Å². The second-order valence-corrected chi connectivity index (χ2v) is 4.45. The SMILES string of the molecule is O=C(Cc1ccc([N+](=O)[O-])cc1)Nc1ccc([N+](=O)[O-])cc1. The molecule has 0 aliphatic carbocycles. The summed E-state index contributed by atoms with van der Waals surface area (Å²) >= 11 is 0. The fourth-order valence-electron chi connectivity index (χ4n) is 1.79. The van der Waals surface area contributed by atoms with Crippen LogP contribution in [0.15, 0.2) is 48.5 Å². The van der Waals surface area contributed by atoms with Crippen LogP contribution < -0.4 is 5.32 Å². The van der Waals surface area contributed by atoms with Crippen LogP contribution in [-0.4, -0.2) is 15.8 Å². The van der Waals surface area contributed by atoms with E-state index in [1.54, 1.807) is 0 Å². The van der Waals surface area contributed by atoms with Gasteiger partial charge in [0.05, 0.1) is 16.3 Å². The molecule has 0 saturated heterocycles. The largest absolute Gasteiger partial charge is 0.326 e. The first kappa shape index (κ1) is 15.1. The second kappa shape index (κ2) is 6.44. The van der Waals surface area contributed by atoms with Gasteiger partial charge in [-0.25, -0.2) is 0 Å². The lowest BCUT2D eigenvalue weighted by molar-refractivity contribution is -0.385. The van der Waals surface area contributed by atoms with Crippen LogP contribution in [0, 0.1) is 20.2 Å². The minimum atomic E-state index is -0.525. The van der Waals surface area contributed by atoms with E-state index < -0.39 is 9.85 Å². The van der Waals surface area contributed by atoms with E-state index in [2.05, 4.69) is 5.32 Å². The zero-order valence-electron chi connectivity index (χ0n) is 11.3. The molecule has 0 atom stereocenters. The quantitative estimate of drug-likeness (QED) is 0.673. The average molecular weight is 301 g/mol. The van der Waals surface area contributed by atoms with E-state index in [4.69, 9.17) is 0 Å². The van der Waals surface area contributed by atoms with E-state index in [9.17, 15) is 25.0 Å². The maximum Gasteiger partial charge on any atom is 0.269 e. The lowest BCUT2D eigenvalue weighted by atomic mass is 10.1. The Morgan fingerprint density at radius 3 is 1.77 bits per heavy atom. The maximum atomic E-state index is 11.8. The van der Waals surface area contributed by atoms with Crippen LogP contribution in [0.3, 0.4) is 0 Å². The van der Waals surface area contributed by atoms with E-state index in [0.717, 1.165) is 0 Å². The van der Waals surface area contributed by atoms with Crippen molar-refractivity contribution in [1.29, 1.82) is 0 Å². The summed E-state index contributed by atoms with van der Waals surface area (Å²) in [5.74, 6) is -0.317. The number of amides is 1. The molecule has 0 saturated carbocycles. The molecular formula is C14H11N3O5. The van der Waals surface area contributed by atoms with Crippen LogP contribution in [0.5, 0.6) is 0 Å². The molecule has 2 aromatic rings. The van der Waals surface area contributed by atoms with Gasteiger partial charge in [0.15, 0.2) is 0 Å². The van der Waals surface area contributed by atoms with Crippen LogP contribution in [0.2, 0.25) is 0 Å². The molecule has 0 spiro atoms. The average Bonchev–Trinajstić information content (AvgIpc) is 2.48. The highest BCUT2D eigenvalue weighted by molar-refractivity contribution is 5.92. The lowest BCUT2D eigenvalue weighted by Crippen LogP contribution is -2.14. The summed E-state index contributed by atoms with van der Waals surface area (Å²) in [6, 6.07) is 11.1. The third kappa shape index (κ3) is 3.85. The first-order valence-corrected chi connectivity index (χ1v) is 6.23. The van der Waals surface area contributed by atoms with Gasteiger partial charge in [0.2, 0.25) is 5.91 Å². The van der Waals surface area contributed by atoms with Crippen molar-refractivity contribution in [1.82, 2.24) is 0 Å². The Kier molecular flexibility index (Phi) is 4.42.